The average Bonchev–Trinajstić information content (AvgIpc) is 2.74. The van der Waals surface area contributed by atoms with Gasteiger partial charge < -0.3 is 10.5 Å². The number of halogens is 1. The molecule has 90 valence electrons. The van der Waals surface area contributed by atoms with E-state index in [0.717, 1.165) is 40.5 Å². The minimum absolute atomic E-state index is 0.0509. The van der Waals surface area contributed by atoms with Gasteiger partial charge in [0.1, 0.15) is 0 Å². The Labute approximate surface area is 108 Å². The predicted octanol–water partition coefficient (Wildman–Crippen LogP) is 3.08. The normalized spacial score (nSPS) is 20.9. The van der Waals surface area contributed by atoms with Gasteiger partial charge >= 0.3 is 0 Å². The maximum Gasteiger partial charge on any atom is 0.150 e. The molecule has 0 saturated carbocycles. The fraction of sp³-hybridized carbons (Fsp3) is 0.417. The van der Waals surface area contributed by atoms with Gasteiger partial charge in [0.05, 0.1) is 11.7 Å². The number of aromatic nitrogens is 2. The summed E-state index contributed by atoms with van der Waals surface area (Å²) in [6, 6.07) is 3.94. The molecule has 1 aromatic carbocycles. The van der Waals surface area contributed by atoms with E-state index >= 15 is 0 Å². The van der Waals surface area contributed by atoms with E-state index in [9.17, 15) is 0 Å². The van der Waals surface area contributed by atoms with Gasteiger partial charge in [-0.2, -0.15) is 5.10 Å². The molecule has 2 heterocycles. The van der Waals surface area contributed by atoms with Crippen LogP contribution in [0, 0.1) is 0 Å². The van der Waals surface area contributed by atoms with Crippen molar-refractivity contribution in [2.24, 2.45) is 0 Å². The number of fused-ring (bicyclic) bond motifs is 1. The third-order valence-electron chi connectivity index (χ3n) is 3.14. The number of hydrogen-bond donors (Lipinski definition) is 1. The number of ether oxygens (including phenoxy) is 1. The van der Waals surface area contributed by atoms with Gasteiger partial charge in [-0.25, -0.2) is 4.68 Å². The Morgan fingerprint density at radius 3 is 3.06 bits per heavy atom. The zero-order valence-electron chi connectivity index (χ0n) is 9.40. The summed E-state index contributed by atoms with van der Waals surface area (Å²) in [5.41, 5.74) is 7.75. The highest BCUT2D eigenvalue weighted by Crippen LogP contribution is 2.30. The molecule has 1 unspecified atom stereocenters. The number of hydrogen-bond acceptors (Lipinski definition) is 3. The molecule has 0 bridgehead atoms. The molecule has 1 aromatic heterocycles. The number of nitrogens with two attached hydrogens (primary N) is 1. The summed E-state index contributed by atoms with van der Waals surface area (Å²) in [5, 5.41) is 5.40. The summed E-state index contributed by atoms with van der Waals surface area (Å²) >= 11 is 3.46. The molecule has 1 saturated heterocycles. The standard InChI is InChI=1S/C12H14BrN3O/c13-8-5-10(14)9-7-15-16(11(9)6-8)12-3-1-2-4-17-12/h5-7,12H,1-4,14H2. The molecule has 0 aliphatic carbocycles. The van der Waals surface area contributed by atoms with Gasteiger partial charge in [-0.05, 0) is 31.4 Å². The van der Waals surface area contributed by atoms with Gasteiger partial charge in [0.2, 0.25) is 0 Å². The lowest BCUT2D eigenvalue weighted by atomic mass is 10.2. The van der Waals surface area contributed by atoms with Gasteiger partial charge in [-0.3, -0.25) is 0 Å². The third-order valence-corrected chi connectivity index (χ3v) is 3.60. The monoisotopic (exact) mass is 295 g/mol. The third kappa shape index (κ3) is 1.93. The number of nitrogen functional groups attached to an aromatic ring is 1. The quantitative estimate of drug-likeness (QED) is 0.823. The molecule has 1 atom stereocenters. The predicted molar refractivity (Wildman–Crippen MR) is 70.7 cm³/mol. The first-order valence-electron chi connectivity index (χ1n) is 5.79. The highest BCUT2D eigenvalue weighted by Gasteiger charge is 2.19. The Morgan fingerprint density at radius 1 is 1.41 bits per heavy atom. The Bertz CT molecular complexity index is 546. The molecule has 1 aliphatic rings. The summed E-state index contributed by atoms with van der Waals surface area (Å²) in [6.07, 6.45) is 5.21. The van der Waals surface area contributed by atoms with Crippen LogP contribution < -0.4 is 5.73 Å². The van der Waals surface area contributed by atoms with Crippen LogP contribution >= 0.6 is 15.9 Å². The molecule has 1 fully saturated rings. The summed E-state index contributed by atoms with van der Waals surface area (Å²) in [4.78, 5) is 0. The van der Waals surface area contributed by atoms with Crippen LogP contribution in [0.25, 0.3) is 10.9 Å². The molecule has 4 nitrogen and oxygen atoms in total. The summed E-state index contributed by atoms with van der Waals surface area (Å²) in [6.45, 7) is 0.815. The van der Waals surface area contributed by atoms with Crippen molar-refractivity contribution in [2.45, 2.75) is 25.5 Å². The number of anilines is 1. The van der Waals surface area contributed by atoms with E-state index in [2.05, 4.69) is 21.0 Å². The number of rotatable bonds is 1. The highest BCUT2D eigenvalue weighted by molar-refractivity contribution is 9.10. The molecule has 5 heteroatoms. The van der Waals surface area contributed by atoms with Crippen LogP contribution in [-0.4, -0.2) is 16.4 Å². The largest absolute Gasteiger partial charge is 0.398 e. The number of benzene rings is 1. The fourth-order valence-electron chi connectivity index (χ4n) is 2.28. The maximum atomic E-state index is 5.98. The Balaban J connectivity index is 2.10. The van der Waals surface area contributed by atoms with Crippen LogP contribution in [0.2, 0.25) is 0 Å². The minimum atomic E-state index is 0.0509. The van der Waals surface area contributed by atoms with Crippen LogP contribution in [0.5, 0.6) is 0 Å². The first-order chi connectivity index (χ1) is 8.25. The van der Waals surface area contributed by atoms with Crippen LogP contribution in [0.4, 0.5) is 5.69 Å². The second kappa shape index (κ2) is 4.31. The van der Waals surface area contributed by atoms with Crippen molar-refractivity contribution in [3.8, 4) is 0 Å². The molecule has 1 aliphatic heterocycles. The highest BCUT2D eigenvalue weighted by atomic mass is 79.9. The Kier molecular flexibility index (Phi) is 2.80. The second-order valence-corrected chi connectivity index (χ2v) is 5.25. The average molecular weight is 296 g/mol. The van der Waals surface area contributed by atoms with Crippen molar-refractivity contribution in [3.05, 3.63) is 22.8 Å². The lowest BCUT2D eigenvalue weighted by Crippen LogP contribution is -2.18. The molecular weight excluding hydrogens is 282 g/mol. The van der Waals surface area contributed by atoms with Crippen molar-refractivity contribution in [1.29, 1.82) is 0 Å². The fourth-order valence-corrected chi connectivity index (χ4v) is 2.75. The first-order valence-corrected chi connectivity index (χ1v) is 6.59. The smallest absolute Gasteiger partial charge is 0.150 e. The van der Waals surface area contributed by atoms with E-state index in [1.54, 1.807) is 0 Å². The molecule has 17 heavy (non-hydrogen) atoms. The van der Waals surface area contributed by atoms with E-state index in [1.165, 1.54) is 6.42 Å². The van der Waals surface area contributed by atoms with E-state index in [-0.39, 0.29) is 6.23 Å². The van der Waals surface area contributed by atoms with Gasteiger partial charge in [-0.15, -0.1) is 0 Å². The topological polar surface area (TPSA) is 53.1 Å². The second-order valence-electron chi connectivity index (χ2n) is 4.34. The maximum absolute atomic E-state index is 5.98. The summed E-state index contributed by atoms with van der Waals surface area (Å²) in [5.74, 6) is 0. The van der Waals surface area contributed by atoms with Crippen LogP contribution in [-0.2, 0) is 4.74 Å². The van der Waals surface area contributed by atoms with Crippen LogP contribution in [0.1, 0.15) is 25.5 Å². The van der Waals surface area contributed by atoms with Crippen molar-refractivity contribution >= 4 is 32.5 Å². The van der Waals surface area contributed by atoms with Crippen LogP contribution in [0.15, 0.2) is 22.8 Å². The van der Waals surface area contributed by atoms with Crippen LogP contribution in [0.3, 0.4) is 0 Å². The first kappa shape index (κ1) is 11.0. The minimum Gasteiger partial charge on any atom is -0.398 e. The van der Waals surface area contributed by atoms with Gasteiger partial charge in [-0.1, -0.05) is 15.9 Å². The van der Waals surface area contributed by atoms with Gasteiger partial charge in [0.15, 0.2) is 6.23 Å². The lowest BCUT2D eigenvalue weighted by molar-refractivity contribution is -0.0366. The van der Waals surface area contributed by atoms with Crippen molar-refractivity contribution in [2.75, 3.05) is 12.3 Å². The van der Waals surface area contributed by atoms with E-state index in [1.807, 2.05) is 23.0 Å². The zero-order valence-corrected chi connectivity index (χ0v) is 11.0. The molecule has 0 radical (unpaired) electrons. The van der Waals surface area contributed by atoms with Crippen molar-refractivity contribution in [3.63, 3.8) is 0 Å². The molecule has 0 spiro atoms. The molecule has 3 rings (SSSR count). The molecular formula is C12H14BrN3O. The lowest BCUT2D eigenvalue weighted by Gasteiger charge is -2.23. The Morgan fingerprint density at radius 2 is 2.29 bits per heavy atom. The van der Waals surface area contributed by atoms with E-state index in [4.69, 9.17) is 10.5 Å². The van der Waals surface area contributed by atoms with Crippen molar-refractivity contribution < 1.29 is 4.74 Å². The molecule has 2 N–H and O–H groups in total. The number of nitrogens with zero attached hydrogens (tertiary/aromatic N) is 2. The molecule has 0 amide bonds. The summed E-state index contributed by atoms with van der Waals surface area (Å²) < 4.78 is 8.67. The molecule has 2 aromatic rings. The summed E-state index contributed by atoms with van der Waals surface area (Å²) in [7, 11) is 0. The van der Waals surface area contributed by atoms with E-state index < -0.39 is 0 Å². The zero-order chi connectivity index (χ0) is 11.8. The van der Waals surface area contributed by atoms with Crippen molar-refractivity contribution in [1.82, 2.24) is 9.78 Å². The SMILES string of the molecule is Nc1cc(Br)cc2c1cnn2C1CCCCO1. The Hall–Kier alpha value is -1.07. The van der Waals surface area contributed by atoms with Gasteiger partial charge in [0, 0.05) is 22.2 Å². The van der Waals surface area contributed by atoms with Gasteiger partial charge in [0.25, 0.3) is 0 Å². The van der Waals surface area contributed by atoms with E-state index in [0.29, 0.717) is 0 Å².